The number of hydrogen-bond acceptors (Lipinski definition) is 3. The first-order valence-corrected chi connectivity index (χ1v) is 6.13. The van der Waals surface area contributed by atoms with Crippen molar-refractivity contribution in [1.29, 1.82) is 0 Å². The molecule has 2 N–H and O–H groups in total. The highest BCUT2D eigenvalue weighted by molar-refractivity contribution is 5.85. The molecule has 1 aromatic carbocycles. The van der Waals surface area contributed by atoms with Gasteiger partial charge in [0.2, 0.25) is 0 Å². The van der Waals surface area contributed by atoms with Crippen LogP contribution in [0.25, 0.3) is 0 Å². The van der Waals surface area contributed by atoms with Crippen LogP contribution in [0.5, 0.6) is 0 Å². The van der Waals surface area contributed by atoms with Gasteiger partial charge in [0.1, 0.15) is 11.6 Å². The van der Waals surface area contributed by atoms with Gasteiger partial charge >= 0.3 is 0 Å². The molecule has 1 aromatic rings. The average Bonchev–Trinajstić information content (AvgIpc) is 2.38. The Morgan fingerprint density at radius 3 is 2.63 bits per heavy atom. The molecule has 0 amide bonds. The normalized spacial score (nSPS) is 21.8. The predicted molar refractivity (Wildman–Crippen MR) is 72.4 cm³/mol. The number of rotatable bonds is 3. The van der Waals surface area contributed by atoms with Crippen molar-refractivity contribution in [3.8, 4) is 0 Å². The number of halogens is 3. The third kappa shape index (κ3) is 3.63. The van der Waals surface area contributed by atoms with Crippen molar-refractivity contribution >= 4 is 12.4 Å². The molecule has 0 spiro atoms. The predicted octanol–water partition coefficient (Wildman–Crippen LogP) is 2.11. The Morgan fingerprint density at radius 1 is 1.42 bits per heavy atom. The number of ether oxygens (including phenoxy) is 1. The van der Waals surface area contributed by atoms with Gasteiger partial charge in [0, 0.05) is 31.2 Å². The van der Waals surface area contributed by atoms with E-state index < -0.39 is 11.6 Å². The second kappa shape index (κ2) is 7.14. The molecule has 0 bridgehead atoms. The average molecular weight is 293 g/mol. The molecule has 2 unspecified atom stereocenters. The maximum Gasteiger partial charge on any atom is 0.130 e. The summed E-state index contributed by atoms with van der Waals surface area (Å²) in [5.74, 6) is -1.00. The van der Waals surface area contributed by atoms with Crippen molar-refractivity contribution < 1.29 is 13.5 Å². The van der Waals surface area contributed by atoms with Crippen LogP contribution in [0.4, 0.5) is 8.78 Å². The van der Waals surface area contributed by atoms with Gasteiger partial charge in [0.25, 0.3) is 0 Å². The van der Waals surface area contributed by atoms with Crippen molar-refractivity contribution in [3.63, 3.8) is 0 Å². The van der Waals surface area contributed by atoms with Crippen LogP contribution >= 0.6 is 12.4 Å². The molecule has 3 nitrogen and oxygen atoms in total. The fourth-order valence-corrected chi connectivity index (χ4v) is 2.33. The maximum atomic E-state index is 13.7. The summed E-state index contributed by atoms with van der Waals surface area (Å²) in [7, 11) is 0. The Morgan fingerprint density at radius 2 is 2.05 bits per heavy atom. The fraction of sp³-hybridized carbons (Fsp3) is 0.538. The van der Waals surface area contributed by atoms with E-state index >= 15 is 0 Å². The summed E-state index contributed by atoms with van der Waals surface area (Å²) in [5.41, 5.74) is 5.68. The summed E-state index contributed by atoms with van der Waals surface area (Å²) < 4.78 is 32.9. The first-order chi connectivity index (χ1) is 8.63. The van der Waals surface area contributed by atoms with E-state index in [-0.39, 0.29) is 30.1 Å². The van der Waals surface area contributed by atoms with Crippen LogP contribution in [0.2, 0.25) is 0 Å². The zero-order chi connectivity index (χ0) is 13.1. The Balaban J connectivity index is 0.00000180. The molecular formula is C13H19ClF2N2O. The first-order valence-electron chi connectivity index (χ1n) is 6.13. The highest BCUT2D eigenvalue weighted by Crippen LogP contribution is 2.26. The molecule has 108 valence electrons. The zero-order valence-corrected chi connectivity index (χ0v) is 11.6. The van der Waals surface area contributed by atoms with Crippen LogP contribution in [-0.2, 0) is 4.74 Å². The number of benzene rings is 1. The van der Waals surface area contributed by atoms with E-state index in [4.69, 9.17) is 10.5 Å². The van der Waals surface area contributed by atoms with Gasteiger partial charge in [0.05, 0.1) is 12.7 Å². The molecule has 1 fully saturated rings. The second-order valence-corrected chi connectivity index (χ2v) is 4.53. The smallest absolute Gasteiger partial charge is 0.130 e. The van der Waals surface area contributed by atoms with Gasteiger partial charge in [-0.25, -0.2) is 8.78 Å². The molecule has 0 aliphatic carbocycles. The topological polar surface area (TPSA) is 38.5 Å². The molecule has 2 rings (SSSR count). The number of nitrogens with zero attached hydrogens (tertiary/aromatic N) is 1. The van der Waals surface area contributed by atoms with Crippen LogP contribution in [-0.4, -0.2) is 37.2 Å². The molecule has 1 saturated heterocycles. The minimum absolute atomic E-state index is 0. The van der Waals surface area contributed by atoms with E-state index in [2.05, 4.69) is 0 Å². The lowest BCUT2D eigenvalue weighted by molar-refractivity contribution is -0.0373. The Kier molecular flexibility index (Phi) is 6.13. The van der Waals surface area contributed by atoms with Crippen molar-refractivity contribution in [1.82, 2.24) is 4.90 Å². The Bertz CT molecular complexity index is 399. The Labute approximate surface area is 118 Å². The van der Waals surface area contributed by atoms with E-state index in [1.54, 1.807) is 6.92 Å². The molecule has 0 radical (unpaired) electrons. The van der Waals surface area contributed by atoms with Crippen LogP contribution in [0, 0.1) is 11.6 Å². The van der Waals surface area contributed by atoms with E-state index in [1.165, 1.54) is 18.2 Å². The van der Waals surface area contributed by atoms with Gasteiger partial charge in [-0.05, 0) is 19.1 Å². The van der Waals surface area contributed by atoms with Crippen LogP contribution in [0.1, 0.15) is 18.5 Å². The molecule has 19 heavy (non-hydrogen) atoms. The Hall–Kier alpha value is -0.750. The largest absolute Gasteiger partial charge is 0.374 e. The molecule has 0 saturated carbocycles. The minimum Gasteiger partial charge on any atom is -0.374 e. The van der Waals surface area contributed by atoms with E-state index in [1.807, 2.05) is 4.90 Å². The summed E-state index contributed by atoms with van der Waals surface area (Å²) in [6, 6.07) is 3.64. The van der Waals surface area contributed by atoms with Crippen molar-refractivity contribution in [2.24, 2.45) is 5.73 Å². The van der Waals surface area contributed by atoms with Gasteiger partial charge in [-0.1, -0.05) is 6.07 Å². The molecule has 2 atom stereocenters. The highest BCUT2D eigenvalue weighted by Gasteiger charge is 2.27. The first kappa shape index (κ1) is 16.3. The third-order valence-corrected chi connectivity index (χ3v) is 3.40. The second-order valence-electron chi connectivity index (χ2n) is 4.53. The van der Waals surface area contributed by atoms with Gasteiger partial charge in [-0.3, -0.25) is 4.90 Å². The van der Waals surface area contributed by atoms with Crippen molar-refractivity contribution in [2.45, 2.75) is 19.1 Å². The lowest BCUT2D eigenvalue weighted by atomic mass is 10.0. The summed E-state index contributed by atoms with van der Waals surface area (Å²) in [4.78, 5) is 2.00. The van der Waals surface area contributed by atoms with Crippen molar-refractivity contribution in [3.05, 3.63) is 35.4 Å². The number of hydrogen-bond donors (Lipinski definition) is 1. The quantitative estimate of drug-likeness (QED) is 0.927. The summed E-state index contributed by atoms with van der Waals surface area (Å²) in [6.07, 6.45) is -0.0592. The van der Waals surface area contributed by atoms with Crippen molar-refractivity contribution in [2.75, 3.05) is 26.2 Å². The van der Waals surface area contributed by atoms with Gasteiger partial charge in [-0.2, -0.15) is 0 Å². The molecule has 1 aliphatic rings. The van der Waals surface area contributed by atoms with Gasteiger partial charge in [0.15, 0.2) is 0 Å². The molecule has 1 heterocycles. The SMILES string of the molecule is CC(c1c(F)cccc1F)N1CCOC(CN)C1.Cl. The van der Waals surface area contributed by atoms with Crippen LogP contribution < -0.4 is 5.73 Å². The highest BCUT2D eigenvalue weighted by atomic mass is 35.5. The monoisotopic (exact) mass is 292 g/mol. The molecule has 6 heteroatoms. The number of nitrogens with two attached hydrogens (primary N) is 1. The van der Waals surface area contributed by atoms with E-state index in [9.17, 15) is 8.78 Å². The fourth-order valence-electron chi connectivity index (χ4n) is 2.33. The van der Waals surface area contributed by atoms with Crippen LogP contribution in [0.15, 0.2) is 18.2 Å². The lowest BCUT2D eigenvalue weighted by Gasteiger charge is -2.36. The molecule has 0 aromatic heterocycles. The lowest BCUT2D eigenvalue weighted by Crippen LogP contribution is -2.46. The molecule has 1 aliphatic heterocycles. The minimum atomic E-state index is -0.502. The van der Waals surface area contributed by atoms with Crippen LogP contribution in [0.3, 0.4) is 0 Å². The van der Waals surface area contributed by atoms with Gasteiger partial charge < -0.3 is 10.5 Å². The van der Waals surface area contributed by atoms with E-state index in [0.29, 0.717) is 26.2 Å². The molecular weight excluding hydrogens is 274 g/mol. The maximum absolute atomic E-state index is 13.7. The van der Waals surface area contributed by atoms with Gasteiger partial charge in [-0.15, -0.1) is 12.4 Å². The summed E-state index contributed by atoms with van der Waals surface area (Å²) >= 11 is 0. The third-order valence-electron chi connectivity index (χ3n) is 3.40. The summed E-state index contributed by atoms with van der Waals surface area (Å²) in [6.45, 7) is 4.03. The summed E-state index contributed by atoms with van der Waals surface area (Å²) in [5, 5.41) is 0. The standard InChI is InChI=1S/C13H18F2N2O.ClH/c1-9(13-11(14)3-2-4-12(13)15)17-5-6-18-10(7-16)8-17;/h2-4,9-10H,5-8,16H2,1H3;1H. The zero-order valence-electron chi connectivity index (χ0n) is 10.8. The van der Waals surface area contributed by atoms with E-state index in [0.717, 1.165) is 0 Å². The number of morpholine rings is 1.